The molecule has 8 nitrogen and oxygen atoms in total. The number of allylic oxidation sites excluding steroid dienone is 1. The van der Waals surface area contributed by atoms with Crippen molar-refractivity contribution in [2.45, 2.75) is 44.9 Å². The fourth-order valence-corrected chi connectivity index (χ4v) is 2.68. The summed E-state index contributed by atoms with van der Waals surface area (Å²) in [5.41, 5.74) is 1.26. The number of hydrogen-bond acceptors (Lipinski definition) is 7. The Labute approximate surface area is 144 Å². The highest BCUT2D eigenvalue weighted by molar-refractivity contribution is 7.71. The Bertz CT molecular complexity index is 710. The first-order chi connectivity index (χ1) is 11.3. The molecule has 2 heterocycles. The molecule has 0 spiro atoms. The van der Waals surface area contributed by atoms with Gasteiger partial charge in [-0.1, -0.05) is 11.6 Å². The molecule has 0 aliphatic carbocycles. The molecule has 0 amide bonds. The van der Waals surface area contributed by atoms with Crippen LogP contribution in [0, 0.1) is 4.77 Å². The van der Waals surface area contributed by atoms with Gasteiger partial charge in [0.15, 0.2) is 11.0 Å². The zero-order valence-electron chi connectivity index (χ0n) is 13.6. The molecule has 0 saturated carbocycles. The second-order valence-corrected chi connectivity index (χ2v) is 6.35. The molecule has 5 N–H and O–H groups in total. The average molecular weight is 357 g/mol. The monoisotopic (exact) mass is 357 g/mol. The number of aliphatic hydroxyl groups excluding tert-OH is 3. The molecule has 0 bridgehead atoms. The van der Waals surface area contributed by atoms with Gasteiger partial charge in [0.2, 0.25) is 0 Å². The maximum absolute atomic E-state index is 12.0. The topological polar surface area (TPSA) is 120 Å². The molecular weight excluding hydrogens is 334 g/mol. The Hall–Kier alpha value is -1.36. The number of aliphatic hydroxyl groups is 3. The van der Waals surface area contributed by atoms with Gasteiger partial charge in [-0.3, -0.25) is 14.3 Å². The molecule has 4 atom stereocenters. The van der Waals surface area contributed by atoms with Gasteiger partial charge in [0.25, 0.3) is 5.56 Å². The molecule has 9 heteroatoms. The lowest BCUT2D eigenvalue weighted by molar-refractivity contribution is -0.0542. The summed E-state index contributed by atoms with van der Waals surface area (Å²) in [6.07, 6.45) is -0.873. The lowest BCUT2D eigenvalue weighted by Crippen LogP contribution is -2.34. The van der Waals surface area contributed by atoms with Crippen molar-refractivity contribution in [2.24, 2.45) is 0 Å². The normalized spacial score (nSPS) is 26.5. The van der Waals surface area contributed by atoms with Gasteiger partial charge in [-0.05, 0) is 26.1 Å². The third-order valence-corrected chi connectivity index (χ3v) is 4.12. The van der Waals surface area contributed by atoms with E-state index in [4.69, 9.17) is 17.0 Å². The van der Waals surface area contributed by atoms with E-state index in [-0.39, 0.29) is 10.3 Å². The second-order valence-electron chi connectivity index (χ2n) is 5.96. The molecule has 2 rings (SSSR count). The molecule has 0 radical (unpaired) electrons. The second kappa shape index (κ2) is 8.15. The summed E-state index contributed by atoms with van der Waals surface area (Å²) in [6.45, 7) is 4.46. The first-order valence-corrected chi connectivity index (χ1v) is 8.07. The number of nitrogens with zero attached hydrogens (tertiary/aromatic N) is 1. The van der Waals surface area contributed by atoms with Crippen LogP contribution in [0.2, 0.25) is 0 Å². The minimum atomic E-state index is -1.26. The smallest absolute Gasteiger partial charge is 0.256 e. The van der Waals surface area contributed by atoms with E-state index in [0.29, 0.717) is 18.7 Å². The maximum Gasteiger partial charge on any atom is 0.256 e. The molecule has 1 aromatic heterocycles. The maximum atomic E-state index is 12.0. The zero-order valence-corrected chi connectivity index (χ0v) is 14.4. The lowest BCUT2D eigenvalue weighted by atomic mass is 10.1. The molecule has 1 saturated heterocycles. The predicted octanol–water partition coefficient (Wildman–Crippen LogP) is -0.427. The Morgan fingerprint density at radius 1 is 1.46 bits per heavy atom. The number of H-pyrrole nitrogens is 1. The Balaban J connectivity index is 2.22. The van der Waals surface area contributed by atoms with Crippen molar-refractivity contribution in [3.63, 3.8) is 0 Å². The average Bonchev–Trinajstić information content (AvgIpc) is 2.81. The number of hydrogen-bond donors (Lipinski definition) is 5. The van der Waals surface area contributed by atoms with Gasteiger partial charge < -0.3 is 25.4 Å². The van der Waals surface area contributed by atoms with Crippen molar-refractivity contribution in [1.29, 1.82) is 0 Å². The molecule has 24 heavy (non-hydrogen) atoms. The van der Waals surface area contributed by atoms with Crippen molar-refractivity contribution >= 4 is 12.2 Å². The van der Waals surface area contributed by atoms with Gasteiger partial charge in [0, 0.05) is 24.8 Å². The molecule has 0 aromatic carbocycles. The van der Waals surface area contributed by atoms with E-state index in [0.717, 1.165) is 0 Å². The van der Waals surface area contributed by atoms with Crippen molar-refractivity contribution in [1.82, 2.24) is 14.9 Å². The van der Waals surface area contributed by atoms with E-state index in [1.807, 2.05) is 19.9 Å². The van der Waals surface area contributed by atoms with Crippen LogP contribution in [0.5, 0.6) is 0 Å². The van der Waals surface area contributed by atoms with Gasteiger partial charge in [0.05, 0.1) is 6.61 Å². The summed E-state index contributed by atoms with van der Waals surface area (Å²) in [4.78, 5) is 14.6. The van der Waals surface area contributed by atoms with Crippen molar-refractivity contribution < 1.29 is 20.1 Å². The Kier molecular flexibility index (Phi) is 6.44. The summed E-state index contributed by atoms with van der Waals surface area (Å²) in [6, 6.07) is 0. The van der Waals surface area contributed by atoms with Crippen LogP contribution in [-0.4, -0.2) is 56.3 Å². The molecule has 134 valence electrons. The summed E-state index contributed by atoms with van der Waals surface area (Å²) < 4.78 is 6.91. The van der Waals surface area contributed by atoms with Crippen LogP contribution in [0.25, 0.3) is 0 Å². The third kappa shape index (κ3) is 4.18. The van der Waals surface area contributed by atoms with Crippen LogP contribution in [-0.2, 0) is 11.3 Å². The van der Waals surface area contributed by atoms with Crippen molar-refractivity contribution in [3.05, 3.63) is 38.5 Å². The highest BCUT2D eigenvalue weighted by atomic mass is 32.1. The number of aromatic amines is 1. The lowest BCUT2D eigenvalue weighted by Gasteiger charge is -2.19. The molecule has 1 aromatic rings. The Morgan fingerprint density at radius 3 is 2.75 bits per heavy atom. The number of ether oxygens (including phenoxy) is 1. The first-order valence-electron chi connectivity index (χ1n) is 7.66. The van der Waals surface area contributed by atoms with Gasteiger partial charge >= 0.3 is 0 Å². The minimum absolute atomic E-state index is 0.0721. The van der Waals surface area contributed by atoms with E-state index < -0.39 is 31.1 Å². The number of rotatable bonds is 6. The first kappa shape index (κ1) is 19.0. The van der Waals surface area contributed by atoms with Crippen LogP contribution in [0.1, 0.15) is 25.6 Å². The standard InChI is InChI=1S/C15H23N3O5S/c1-8(2)3-4-16-5-9-6-18(15(24)17-13(9)22)14-12(21)11(20)10(7-19)23-14/h3,6,10-12,14,16,19-21H,4-5,7H2,1-2H3,(H,17,22,24)/t10-,11-,12-,14-/m1/s1. The van der Waals surface area contributed by atoms with Gasteiger partial charge in [0.1, 0.15) is 18.3 Å². The summed E-state index contributed by atoms with van der Waals surface area (Å²) in [7, 11) is 0. The molecular formula is C15H23N3O5S. The van der Waals surface area contributed by atoms with Gasteiger partial charge in [-0.15, -0.1) is 0 Å². The van der Waals surface area contributed by atoms with Crippen LogP contribution >= 0.6 is 12.2 Å². The van der Waals surface area contributed by atoms with E-state index in [9.17, 15) is 20.1 Å². The molecule has 1 fully saturated rings. The summed E-state index contributed by atoms with van der Waals surface area (Å²) >= 11 is 5.11. The fraction of sp³-hybridized carbons (Fsp3) is 0.600. The third-order valence-electron chi connectivity index (χ3n) is 3.80. The fourth-order valence-electron chi connectivity index (χ4n) is 2.44. The summed E-state index contributed by atoms with van der Waals surface area (Å²) in [5.74, 6) is 0. The van der Waals surface area contributed by atoms with Crippen LogP contribution < -0.4 is 10.9 Å². The molecule has 1 aliphatic heterocycles. The highest BCUT2D eigenvalue weighted by Gasteiger charge is 2.43. The van der Waals surface area contributed by atoms with E-state index >= 15 is 0 Å². The van der Waals surface area contributed by atoms with Crippen LogP contribution in [0.3, 0.4) is 0 Å². The predicted molar refractivity (Wildman–Crippen MR) is 90.0 cm³/mol. The largest absolute Gasteiger partial charge is 0.394 e. The van der Waals surface area contributed by atoms with Crippen molar-refractivity contribution in [3.8, 4) is 0 Å². The number of nitrogens with one attached hydrogen (secondary N) is 2. The Morgan fingerprint density at radius 2 is 2.17 bits per heavy atom. The number of aromatic nitrogens is 2. The van der Waals surface area contributed by atoms with E-state index in [1.165, 1.54) is 16.3 Å². The van der Waals surface area contributed by atoms with Crippen molar-refractivity contribution in [2.75, 3.05) is 13.2 Å². The minimum Gasteiger partial charge on any atom is -0.394 e. The quantitative estimate of drug-likeness (QED) is 0.266. The van der Waals surface area contributed by atoms with Gasteiger partial charge in [-0.2, -0.15) is 0 Å². The molecule has 1 aliphatic rings. The summed E-state index contributed by atoms with van der Waals surface area (Å²) in [5, 5.41) is 32.2. The highest BCUT2D eigenvalue weighted by Crippen LogP contribution is 2.29. The zero-order chi connectivity index (χ0) is 17.9. The van der Waals surface area contributed by atoms with E-state index in [1.54, 1.807) is 0 Å². The van der Waals surface area contributed by atoms with Gasteiger partial charge in [-0.25, -0.2) is 0 Å². The SMILES string of the molecule is CC(C)=CCNCc1cn([C@@H]2O[C@H](CO)[C@@H](O)[C@H]2O)c(=S)[nH]c1=O. The molecule has 0 unspecified atom stereocenters. The van der Waals surface area contributed by atoms with Crippen LogP contribution in [0.15, 0.2) is 22.6 Å². The van der Waals surface area contributed by atoms with E-state index in [2.05, 4.69) is 10.3 Å². The van der Waals surface area contributed by atoms with Crippen LogP contribution in [0.4, 0.5) is 0 Å².